The molecule has 1 aliphatic rings. The summed E-state index contributed by atoms with van der Waals surface area (Å²) in [6, 6.07) is 7.23. The number of nitrogens with one attached hydrogen (secondary N) is 2. The molecule has 1 aromatic rings. The third-order valence-electron chi connectivity index (χ3n) is 3.75. The number of anilines is 2. The van der Waals surface area contributed by atoms with Crippen LogP contribution in [0.5, 0.6) is 0 Å². The summed E-state index contributed by atoms with van der Waals surface area (Å²) in [6.07, 6.45) is 3.26. The fourth-order valence-corrected chi connectivity index (χ4v) is 2.13. The molecule has 4 N–H and O–H groups in total. The molecule has 5 nitrogen and oxygen atoms in total. The minimum Gasteiger partial charge on any atom is -0.330 e. The van der Waals surface area contributed by atoms with Gasteiger partial charge in [-0.3, -0.25) is 9.59 Å². The highest BCUT2D eigenvalue weighted by Crippen LogP contribution is 2.30. The van der Waals surface area contributed by atoms with E-state index in [1.807, 2.05) is 25.1 Å². The fraction of sp³-hybridized carbons (Fsp3) is 0.500. The molecule has 1 saturated carbocycles. The van der Waals surface area contributed by atoms with Crippen molar-refractivity contribution < 1.29 is 9.59 Å². The van der Waals surface area contributed by atoms with Gasteiger partial charge in [0.25, 0.3) is 0 Å². The van der Waals surface area contributed by atoms with Crippen LogP contribution in [0.15, 0.2) is 24.3 Å². The standard InChI is InChI=1S/C16H23N3O2/c1-2-11(10-17)8-15(20)18-13-4-3-5-14(9-13)19-16(21)12-6-7-12/h3-5,9,11-12H,2,6-8,10,17H2,1H3,(H,18,20)(H,19,21). The Balaban J connectivity index is 1.90. The first-order valence-corrected chi connectivity index (χ1v) is 7.53. The first-order valence-electron chi connectivity index (χ1n) is 7.53. The Kier molecular flexibility index (Phi) is 5.33. The number of benzene rings is 1. The van der Waals surface area contributed by atoms with Crippen molar-refractivity contribution in [2.24, 2.45) is 17.6 Å². The van der Waals surface area contributed by atoms with E-state index in [-0.39, 0.29) is 23.7 Å². The van der Waals surface area contributed by atoms with Gasteiger partial charge in [-0.05, 0) is 43.5 Å². The lowest BCUT2D eigenvalue weighted by atomic mass is 10.0. The topological polar surface area (TPSA) is 84.2 Å². The molecule has 2 amide bonds. The Morgan fingerprint density at radius 1 is 1.29 bits per heavy atom. The lowest BCUT2D eigenvalue weighted by Crippen LogP contribution is -2.21. The molecular weight excluding hydrogens is 266 g/mol. The van der Waals surface area contributed by atoms with Crippen molar-refractivity contribution in [2.75, 3.05) is 17.2 Å². The zero-order valence-electron chi connectivity index (χ0n) is 12.4. The molecule has 21 heavy (non-hydrogen) atoms. The molecule has 0 bridgehead atoms. The van der Waals surface area contributed by atoms with Gasteiger partial charge in [0, 0.05) is 23.7 Å². The normalized spacial score (nSPS) is 15.3. The molecule has 1 atom stereocenters. The molecule has 0 saturated heterocycles. The minimum atomic E-state index is -0.0435. The van der Waals surface area contributed by atoms with Crippen molar-refractivity contribution in [3.05, 3.63) is 24.3 Å². The Morgan fingerprint density at radius 3 is 2.52 bits per heavy atom. The highest BCUT2D eigenvalue weighted by Gasteiger charge is 2.29. The van der Waals surface area contributed by atoms with E-state index in [1.165, 1.54) is 0 Å². The van der Waals surface area contributed by atoms with Gasteiger partial charge in [-0.15, -0.1) is 0 Å². The maximum atomic E-state index is 11.9. The minimum absolute atomic E-state index is 0.0435. The first kappa shape index (κ1) is 15.5. The average molecular weight is 289 g/mol. The molecule has 0 radical (unpaired) electrons. The van der Waals surface area contributed by atoms with Gasteiger partial charge in [0.05, 0.1) is 0 Å². The van der Waals surface area contributed by atoms with Crippen LogP contribution in [-0.4, -0.2) is 18.4 Å². The third-order valence-corrected chi connectivity index (χ3v) is 3.75. The molecule has 1 unspecified atom stereocenters. The van der Waals surface area contributed by atoms with E-state index in [4.69, 9.17) is 5.73 Å². The molecule has 5 heteroatoms. The predicted molar refractivity (Wildman–Crippen MR) is 83.9 cm³/mol. The second-order valence-electron chi connectivity index (χ2n) is 5.61. The van der Waals surface area contributed by atoms with Gasteiger partial charge in [0.2, 0.25) is 11.8 Å². The maximum Gasteiger partial charge on any atom is 0.227 e. The summed E-state index contributed by atoms with van der Waals surface area (Å²) < 4.78 is 0. The second-order valence-corrected chi connectivity index (χ2v) is 5.61. The van der Waals surface area contributed by atoms with Gasteiger partial charge in [-0.1, -0.05) is 19.4 Å². The Labute approximate surface area is 125 Å². The highest BCUT2D eigenvalue weighted by molar-refractivity contribution is 5.95. The zero-order valence-corrected chi connectivity index (χ0v) is 12.4. The summed E-state index contributed by atoms with van der Waals surface area (Å²) in [6.45, 7) is 2.54. The smallest absolute Gasteiger partial charge is 0.227 e. The number of nitrogens with two attached hydrogens (primary N) is 1. The molecule has 2 rings (SSSR count). The zero-order chi connectivity index (χ0) is 15.2. The van der Waals surface area contributed by atoms with Gasteiger partial charge in [0.15, 0.2) is 0 Å². The van der Waals surface area contributed by atoms with Crippen molar-refractivity contribution >= 4 is 23.2 Å². The number of hydrogen-bond donors (Lipinski definition) is 3. The molecule has 0 aromatic heterocycles. The van der Waals surface area contributed by atoms with Crippen molar-refractivity contribution in [1.82, 2.24) is 0 Å². The quantitative estimate of drug-likeness (QED) is 0.720. The summed E-state index contributed by atoms with van der Waals surface area (Å²) in [5, 5.41) is 5.72. The number of carbonyl (C=O) groups is 2. The van der Waals surface area contributed by atoms with Crippen LogP contribution in [0, 0.1) is 11.8 Å². The van der Waals surface area contributed by atoms with Gasteiger partial charge in [-0.2, -0.15) is 0 Å². The molecule has 0 aliphatic heterocycles. The number of amides is 2. The average Bonchev–Trinajstić information content (AvgIpc) is 3.29. The van der Waals surface area contributed by atoms with E-state index in [2.05, 4.69) is 10.6 Å². The molecule has 1 fully saturated rings. The lowest BCUT2D eigenvalue weighted by molar-refractivity contribution is -0.118. The van der Waals surface area contributed by atoms with Crippen LogP contribution in [0.25, 0.3) is 0 Å². The monoisotopic (exact) mass is 289 g/mol. The van der Waals surface area contributed by atoms with Gasteiger partial charge in [0.1, 0.15) is 0 Å². The summed E-state index contributed by atoms with van der Waals surface area (Å²) in [5.74, 6) is 0.395. The summed E-state index contributed by atoms with van der Waals surface area (Å²) in [7, 11) is 0. The molecule has 0 spiro atoms. The van der Waals surface area contributed by atoms with Crippen LogP contribution in [0.4, 0.5) is 11.4 Å². The van der Waals surface area contributed by atoms with E-state index in [0.29, 0.717) is 18.7 Å². The van der Waals surface area contributed by atoms with Crippen molar-refractivity contribution in [3.8, 4) is 0 Å². The Hall–Kier alpha value is -1.88. The van der Waals surface area contributed by atoms with Crippen LogP contribution >= 0.6 is 0 Å². The summed E-state index contributed by atoms with van der Waals surface area (Å²) >= 11 is 0. The van der Waals surface area contributed by atoms with E-state index in [0.717, 1.165) is 24.9 Å². The number of hydrogen-bond acceptors (Lipinski definition) is 3. The highest BCUT2D eigenvalue weighted by atomic mass is 16.2. The molecule has 0 heterocycles. The van der Waals surface area contributed by atoms with Crippen LogP contribution in [-0.2, 0) is 9.59 Å². The Morgan fingerprint density at radius 2 is 1.95 bits per heavy atom. The van der Waals surface area contributed by atoms with Gasteiger partial charge in [-0.25, -0.2) is 0 Å². The van der Waals surface area contributed by atoms with Gasteiger partial charge < -0.3 is 16.4 Å². The second kappa shape index (κ2) is 7.22. The first-order chi connectivity index (χ1) is 10.1. The molecule has 1 aliphatic carbocycles. The lowest BCUT2D eigenvalue weighted by Gasteiger charge is -2.12. The largest absolute Gasteiger partial charge is 0.330 e. The molecule has 114 valence electrons. The van der Waals surface area contributed by atoms with Crippen molar-refractivity contribution in [3.63, 3.8) is 0 Å². The molecule has 1 aromatic carbocycles. The van der Waals surface area contributed by atoms with Crippen molar-refractivity contribution in [2.45, 2.75) is 32.6 Å². The number of carbonyl (C=O) groups excluding carboxylic acids is 2. The van der Waals surface area contributed by atoms with Crippen LogP contribution in [0.2, 0.25) is 0 Å². The maximum absolute atomic E-state index is 11.9. The van der Waals surface area contributed by atoms with Crippen LogP contribution < -0.4 is 16.4 Å². The SMILES string of the molecule is CCC(CN)CC(=O)Nc1cccc(NC(=O)C2CC2)c1. The van der Waals surface area contributed by atoms with Crippen LogP contribution in [0.1, 0.15) is 32.6 Å². The Bertz CT molecular complexity index is 508. The van der Waals surface area contributed by atoms with Gasteiger partial charge >= 0.3 is 0 Å². The van der Waals surface area contributed by atoms with E-state index in [1.54, 1.807) is 6.07 Å². The molecular formula is C16H23N3O2. The third kappa shape index (κ3) is 4.86. The van der Waals surface area contributed by atoms with Crippen LogP contribution in [0.3, 0.4) is 0 Å². The van der Waals surface area contributed by atoms with Crippen molar-refractivity contribution in [1.29, 1.82) is 0 Å². The van der Waals surface area contributed by atoms with E-state index < -0.39 is 0 Å². The summed E-state index contributed by atoms with van der Waals surface area (Å²) in [4.78, 5) is 23.7. The van der Waals surface area contributed by atoms with E-state index in [9.17, 15) is 9.59 Å². The predicted octanol–water partition coefficient (Wildman–Crippen LogP) is 2.35. The fourth-order valence-electron chi connectivity index (χ4n) is 2.13. The van der Waals surface area contributed by atoms with E-state index >= 15 is 0 Å². The summed E-state index contributed by atoms with van der Waals surface area (Å²) in [5.41, 5.74) is 7.02. The number of rotatable bonds is 7.